The first-order valence-electron chi connectivity index (χ1n) is 10.00. The fourth-order valence-electron chi connectivity index (χ4n) is 3.71. The van der Waals surface area contributed by atoms with Crippen LogP contribution in [-0.4, -0.2) is 33.0 Å². The molecule has 1 aromatic heterocycles. The van der Waals surface area contributed by atoms with Crippen molar-refractivity contribution in [2.75, 3.05) is 6.61 Å². The number of fused-ring (bicyclic) bond motifs is 1. The van der Waals surface area contributed by atoms with Gasteiger partial charge in [0.25, 0.3) is 0 Å². The summed E-state index contributed by atoms with van der Waals surface area (Å²) in [5.74, 6) is -0.979. The van der Waals surface area contributed by atoms with E-state index >= 15 is 0 Å². The SMILES string of the molecule is O=C(O)/C=C/c1ccc(/C(=C(/CCO)c2ccccc2)c2ccc3[nH]ncc3c2)cc1. The van der Waals surface area contributed by atoms with E-state index in [-0.39, 0.29) is 6.61 Å². The Morgan fingerprint density at radius 2 is 1.68 bits per heavy atom. The summed E-state index contributed by atoms with van der Waals surface area (Å²) in [6.07, 6.45) is 4.99. The van der Waals surface area contributed by atoms with Gasteiger partial charge in [-0.3, -0.25) is 5.10 Å². The Hall–Kier alpha value is -3.96. The number of aromatic nitrogens is 2. The van der Waals surface area contributed by atoms with Crippen LogP contribution in [0.3, 0.4) is 0 Å². The first kappa shape index (κ1) is 20.3. The van der Waals surface area contributed by atoms with Crippen molar-refractivity contribution < 1.29 is 15.0 Å². The van der Waals surface area contributed by atoms with E-state index in [1.165, 1.54) is 0 Å². The van der Waals surface area contributed by atoms with E-state index in [0.717, 1.165) is 50.4 Å². The topological polar surface area (TPSA) is 86.2 Å². The van der Waals surface area contributed by atoms with Gasteiger partial charge < -0.3 is 10.2 Å². The molecule has 0 aliphatic heterocycles. The lowest BCUT2D eigenvalue weighted by Gasteiger charge is -2.17. The predicted octanol–water partition coefficient (Wildman–Crippen LogP) is 5.00. The van der Waals surface area contributed by atoms with Crippen LogP contribution in [0.5, 0.6) is 0 Å². The van der Waals surface area contributed by atoms with Gasteiger partial charge in [0.15, 0.2) is 0 Å². The summed E-state index contributed by atoms with van der Waals surface area (Å²) in [4.78, 5) is 10.8. The van der Waals surface area contributed by atoms with Crippen LogP contribution in [0.1, 0.15) is 28.7 Å². The van der Waals surface area contributed by atoms with E-state index in [9.17, 15) is 9.90 Å². The smallest absolute Gasteiger partial charge is 0.328 e. The van der Waals surface area contributed by atoms with Crippen LogP contribution in [0.2, 0.25) is 0 Å². The normalized spacial score (nSPS) is 12.3. The molecule has 0 bridgehead atoms. The second kappa shape index (κ2) is 9.24. The summed E-state index contributed by atoms with van der Waals surface area (Å²) in [5, 5.41) is 26.8. The Morgan fingerprint density at radius 1 is 0.935 bits per heavy atom. The monoisotopic (exact) mass is 410 g/mol. The molecule has 154 valence electrons. The van der Waals surface area contributed by atoms with Crippen molar-refractivity contribution >= 4 is 34.1 Å². The van der Waals surface area contributed by atoms with E-state index in [0.29, 0.717) is 6.42 Å². The number of nitrogens with one attached hydrogen (secondary N) is 1. The summed E-state index contributed by atoms with van der Waals surface area (Å²) in [6.45, 7) is 0.0289. The molecule has 0 aliphatic rings. The zero-order valence-corrected chi connectivity index (χ0v) is 16.8. The van der Waals surface area contributed by atoms with Crippen LogP contribution in [-0.2, 0) is 4.79 Å². The maximum atomic E-state index is 10.8. The fraction of sp³-hybridized carbons (Fsp3) is 0.0769. The first-order valence-corrected chi connectivity index (χ1v) is 10.00. The molecule has 4 rings (SSSR count). The van der Waals surface area contributed by atoms with E-state index in [4.69, 9.17) is 5.11 Å². The molecule has 0 amide bonds. The summed E-state index contributed by atoms with van der Waals surface area (Å²) in [7, 11) is 0. The van der Waals surface area contributed by atoms with E-state index < -0.39 is 5.97 Å². The third-order valence-corrected chi connectivity index (χ3v) is 5.13. The van der Waals surface area contributed by atoms with Gasteiger partial charge >= 0.3 is 5.97 Å². The fourth-order valence-corrected chi connectivity index (χ4v) is 3.71. The van der Waals surface area contributed by atoms with E-state index in [2.05, 4.69) is 22.3 Å². The number of carboxylic acid groups (broad SMARTS) is 1. The molecular formula is C26H22N2O3. The predicted molar refractivity (Wildman–Crippen MR) is 123 cm³/mol. The third-order valence-electron chi connectivity index (χ3n) is 5.13. The van der Waals surface area contributed by atoms with Gasteiger partial charge in [0, 0.05) is 18.1 Å². The van der Waals surface area contributed by atoms with Gasteiger partial charge in [0.1, 0.15) is 0 Å². The molecule has 1 heterocycles. The molecule has 0 aliphatic carbocycles. The molecule has 31 heavy (non-hydrogen) atoms. The minimum absolute atomic E-state index is 0.0289. The molecule has 3 N–H and O–H groups in total. The Bertz CT molecular complexity index is 1250. The van der Waals surface area contributed by atoms with Crippen LogP contribution < -0.4 is 0 Å². The minimum Gasteiger partial charge on any atom is -0.478 e. The number of aliphatic carboxylic acids is 1. The van der Waals surface area contributed by atoms with Crippen LogP contribution in [0.25, 0.3) is 28.1 Å². The quantitative estimate of drug-likeness (QED) is 0.296. The van der Waals surface area contributed by atoms with Gasteiger partial charge in [-0.1, -0.05) is 60.7 Å². The van der Waals surface area contributed by atoms with Crippen molar-refractivity contribution in [2.45, 2.75) is 6.42 Å². The maximum absolute atomic E-state index is 10.8. The molecule has 0 saturated heterocycles. The second-order valence-corrected chi connectivity index (χ2v) is 7.16. The van der Waals surface area contributed by atoms with E-state index in [1.54, 1.807) is 12.3 Å². The first-order chi connectivity index (χ1) is 15.2. The average Bonchev–Trinajstić information content (AvgIpc) is 3.27. The molecule has 4 aromatic rings. The molecule has 0 spiro atoms. The second-order valence-electron chi connectivity index (χ2n) is 7.16. The number of aliphatic hydroxyl groups excluding tert-OH is 1. The molecule has 0 unspecified atom stereocenters. The van der Waals surface area contributed by atoms with Crippen LogP contribution in [0, 0.1) is 0 Å². The number of H-pyrrole nitrogens is 1. The number of carboxylic acids is 1. The number of carbonyl (C=O) groups is 1. The molecule has 0 atom stereocenters. The number of nitrogens with zero attached hydrogens (tertiary/aromatic N) is 1. The summed E-state index contributed by atoms with van der Waals surface area (Å²) >= 11 is 0. The highest BCUT2D eigenvalue weighted by Crippen LogP contribution is 2.35. The molecule has 0 saturated carbocycles. The van der Waals surface area contributed by atoms with Crippen molar-refractivity contribution in [1.29, 1.82) is 0 Å². The lowest BCUT2D eigenvalue weighted by atomic mass is 9.87. The Labute approximate surface area is 180 Å². The Morgan fingerprint density at radius 3 is 2.39 bits per heavy atom. The summed E-state index contributed by atoms with van der Waals surface area (Å²) in [5.41, 5.74) is 6.89. The van der Waals surface area contributed by atoms with Gasteiger partial charge in [-0.25, -0.2) is 4.79 Å². The van der Waals surface area contributed by atoms with Crippen LogP contribution >= 0.6 is 0 Å². The Kier molecular flexibility index (Phi) is 6.05. The lowest BCUT2D eigenvalue weighted by Crippen LogP contribution is -1.98. The van der Waals surface area contributed by atoms with Gasteiger partial charge in [-0.05, 0) is 58.0 Å². The van der Waals surface area contributed by atoms with Gasteiger partial charge in [0.05, 0.1) is 11.7 Å². The minimum atomic E-state index is -0.979. The maximum Gasteiger partial charge on any atom is 0.328 e. The van der Waals surface area contributed by atoms with E-state index in [1.807, 2.05) is 60.7 Å². The number of aliphatic hydroxyl groups is 1. The summed E-state index contributed by atoms with van der Waals surface area (Å²) < 4.78 is 0. The number of hydrogen-bond donors (Lipinski definition) is 3. The zero-order chi connectivity index (χ0) is 21.6. The number of aromatic amines is 1. The van der Waals surface area contributed by atoms with Gasteiger partial charge in [-0.15, -0.1) is 0 Å². The molecule has 5 nitrogen and oxygen atoms in total. The number of rotatable bonds is 7. The van der Waals surface area contributed by atoms with Crippen molar-refractivity contribution in [3.8, 4) is 0 Å². The van der Waals surface area contributed by atoms with Crippen LogP contribution in [0.4, 0.5) is 0 Å². The standard InChI is InChI=1S/C26H22N2O3/c29-15-14-23(19-4-2-1-3-5-19)26(21-11-12-24-22(16-21)17-27-28-24)20-9-6-18(7-10-20)8-13-25(30)31/h1-13,16-17,29H,14-15H2,(H,27,28)(H,30,31)/b13-8+,26-23+. The molecule has 0 fully saturated rings. The van der Waals surface area contributed by atoms with Crippen LogP contribution in [0.15, 0.2) is 85.1 Å². The molecule has 3 aromatic carbocycles. The zero-order valence-electron chi connectivity index (χ0n) is 16.8. The van der Waals surface area contributed by atoms with Crippen molar-refractivity contribution in [3.05, 3.63) is 107 Å². The van der Waals surface area contributed by atoms with Crippen molar-refractivity contribution in [2.24, 2.45) is 0 Å². The highest BCUT2D eigenvalue weighted by molar-refractivity contribution is 6.00. The van der Waals surface area contributed by atoms with Gasteiger partial charge in [0.2, 0.25) is 0 Å². The molecular weight excluding hydrogens is 388 g/mol. The highest BCUT2D eigenvalue weighted by Gasteiger charge is 2.15. The highest BCUT2D eigenvalue weighted by atomic mass is 16.4. The average molecular weight is 410 g/mol. The number of hydrogen-bond acceptors (Lipinski definition) is 3. The van der Waals surface area contributed by atoms with Gasteiger partial charge in [-0.2, -0.15) is 5.10 Å². The molecule has 0 radical (unpaired) electrons. The van der Waals surface area contributed by atoms with Crippen molar-refractivity contribution in [3.63, 3.8) is 0 Å². The Balaban J connectivity index is 1.91. The molecule has 5 heteroatoms. The largest absolute Gasteiger partial charge is 0.478 e. The lowest BCUT2D eigenvalue weighted by molar-refractivity contribution is -0.131. The summed E-state index contributed by atoms with van der Waals surface area (Å²) in [6, 6.07) is 23.9. The van der Waals surface area contributed by atoms with Crippen molar-refractivity contribution in [1.82, 2.24) is 10.2 Å². The third kappa shape index (κ3) is 4.63. The number of benzene rings is 3.